The first-order valence-corrected chi connectivity index (χ1v) is 7.47. The standard InChI is InChI=1S/C15H14BrN3O5/c1-22-12-6-9(2-3-10(12)23-8-14(17)20)7-18-19-15(21)11-4-5-13(16)24-11/h2-7H,8H2,1H3,(H2,17,20)(H,19,21)/b18-7+. The molecule has 1 heterocycles. The highest BCUT2D eigenvalue weighted by Gasteiger charge is 2.09. The largest absolute Gasteiger partial charge is 0.493 e. The van der Waals surface area contributed by atoms with E-state index < -0.39 is 11.8 Å². The van der Waals surface area contributed by atoms with Crippen LogP contribution < -0.4 is 20.6 Å². The van der Waals surface area contributed by atoms with Crippen LogP contribution in [0.5, 0.6) is 11.5 Å². The van der Waals surface area contributed by atoms with E-state index in [2.05, 4.69) is 26.5 Å². The highest BCUT2D eigenvalue weighted by atomic mass is 79.9. The molecule has 0 atom stereocenters. The molecule has 2 aromatic rings. The van der Waals surface area contributed by atoms with E-state index in [1.165, 1.54) is 19.4 Å². The number of benzene rings is 1. The fourth-order valence-electron chi connectivity index (χ4n) is 1.69. The van der Waals surface area contributed by atoms with Gasteiger partial charge in [-0.1, -0.05) is 0 Å². The van der Waals surface area contributed by atoms with Crippen LogP contribution in [0.4, 0.5) is 0 Å². The van der Waals surface area contributed by atoms with E-state index in [1.807, 2.05) is 0 Å². The second-order valence-electron chi connectivity index (χ2n) is 4.47. The summed E-state index contributed by atoms with van der Waals surface area (Å²) in [5.41, 5.74) is 8.02. The van der Waals surface area contributed by atoms with Crippen molar-refractivity contribution < 1.29 is 23.5 Å². The lowest BCUT2D eigenvalue weighted by Gasteiger charge is -2.09. The fraction of sp³-hybridized carbons (Fsp3) is 0.133. The van der Waals surface area contributed by atoms with Gasteiger partial charge in [-0.15, -0.1) is 0 Å². The minimum absolute atomic E-state index is 0.131. The van der Waals surface area contributed by atoms with Gasteiger partial charge in [-0.2, -0.15) is 5.10 Å². The Hall–Kier alpha value is -2.81. The van der Waals surface area contributed by atoms with Crippen LogP contribution in [0.2, 0.25) is 0 Å². The molecule has 0 unspecified atom stereocenters. The molecule has 0 aliphatic rings. The molecule has 0 aliphatic carbocycles. The van der Waals surface area contributed by atoms with Gasteiger partial charge < -0.3 is 19.6 Å². The Morgan fingerprint density at radius 1 is 1.33 bits per heavy atom. The Morgan fingerprint density at radius 3 is 2.75 bits per heavy atom. The van der Waals surface area contributed by atoms with E-state index in [0.29, 0.717) is 21.7 Å². The highest BCUT2D eigenvalue weighted by Crippen LogP contribution is 2.27. The molecule has 0 radical (unpaired) electrons. The lowest BCUT2D eigenvalue weighted by Crippen LogP contribution is -2.20. The number of carbonyl (C=O) groups excluding carboxylic acids is 2. The van der Waals surface area contributed by atoms with Crippen molar-refractivity contribution in [3.8, 4) is 11.5 Å². The number of carbonyl (C=O) groups is 2. The molecular weight excluding hydrogens is 382 g/mol. The van der Waals surface area contributed by atoms with Gasteiger partial charge in [0.05, 0.1) is 13.3 Å². The molecule has 0 spiro atoms. The number of hydrogen-bond donors (Lipinski definition) is 2. The zero-order valence-corrected chi connectivity index (χ0v) is 14.2. The molecule has 0 saturated heterocycles. The number of primary amides is 1. The van der Waals surface area contributed by atoms with Crippen LogP contribution in [0, 0.1) is 0 Å². The molecule has 2 amide bonds. The van der Waals surface area contributed by atoms with Gasteiger partial charge in [0, 0.05) is 0 Å². The predicted molar refractivity (Wildman–Crippen MR) is 89.2 cm³/mol. The van der Waals surface area contributed by atoms with E-state index in [4.69, 9.17) is 19.6 Å². The van der Waals surface area contributed by atoms with Crippen molar-refractivity contribution in [2.45, 2.75) is 0 Å². The van der Waals surface area contributed by atoms with Crippen molar-refractivity contribution >= 4 is 34.0 Å². The summed E-state index contributed by atoms with van der Waals surface area (Å²) in [6.45, 7) is -0.251. The fourth-order valence-corrected chi connectivity index (χ4v) is 2.00. The molecule has 3 N–H and O–H groups in total. The van der Waals surface area contributed by atoms with Gasteiger partial charge in [-0.05, 0) is 51.8 Å². The number of furan rings is 1. The van der Waals surface area contributed by atoms with E-state index in [9.17, 15) is 9.59 Å². The lowest BCUT2D eigenvalue weighted by molar-refractivity contribution is -0.119. The first-order chi connectivity index (χ1) is 11.5. The second-order valence-corrected chi connectivity index (χ2v) is 5.25. The highest BCUT2D eigenvalue weighted by molar-refractivity contribution is 9.10. The van der Waals surface area contributed by atoms with Gasteiger partial charge in [-0.25, -0.2) is 5.43 Å². The maximum Gasteiger partial charge on any atom is 0.307 e. The van der Waals surface area contributed by atoms with E-state index in [-0.39, 0.29) is 12.4 Å². The van der Waals surface area contributed by atoms with Crippen LogP contribution in [0.3, 0.4) is 0 Å². The Bertz CT molecular complexity index is 772. The molecule has 1 aromatic carbocycles. The van der Waals surface area contributed by atoms with E-state index in [1.54, 1.807) is 24.3 Å². The number of hydrazone groups is 1. The Kier molecular flexibility index (Phi) is 5.96. The van der Waals surface area contributed by atoms with Gasteiger partial charge in [-0.3, -0.25) is 9.59 Å². The van der Waals surface area contributed by atoms with Crippen molar-refractivity contribution in [3.63, 3.8) is 0 Å². The molecule has 1 aromatic heterocycles. The number of rotatable bonds is 7. The smallest absolute Gasteiger partial charge is 0.307 e. The van der Waals surface area contributed by atoms with Crippen LogP contribution in [0.1, 0.15) is 16.1 Å². The summed E-state index contributed by atoms with van der Waals surface area (Å²) < 4.78 is 15.9. The zero-order valence-electron chi connectivity index (χ0n) is 12.6. The normalized spacial score (nSPS) is 10.6. The number of nitrogens with zero attached hydrogens (tertiary/aromatic N) is 1. The topological polar surface area (TPSA) is 116 Å². The monoisotopic (exact) mass is 395 g/mol. The third-order valence-electron chi connectivity index (χ3n) is 2.73. The summed E-state index contributed by atoms with van der Waals surface area (Å²) in [7, 11) is 1.46. The molecule has 2 rings (SSSR count). The molecule has 126 valence electrons. The number of amides is 2. The van der Waals surface area contributed by atoms with Crippen molar-refractivity contribution in [3.05, 3.63) is 46.3 Å². The number of hydrogen-bond acceptors (Lipinski definition) is 6. The van der Waals surface area contributed by atoms with Gasteiger partial charge in [0.1, 0.15) is 0 Å². The molecular formula is C15H14BrN3O5. The number of ether oxygens (including phenoxy) is 2. The number of halogens is 1. The molecule has 0 bridgehead atoms. The summed E-state index contributed by atoms with van der Waals surface area (Å²) >= 11 is 3.11. The van der Waals surface area contributed by atoms with Gasteiger partial charge in [0.15, 0.2) is 28.5 Å². The number of nitrogens with two attached hydrogens (primary N) is 1. The van der Waals surface area contributed by atoms with Crippen LogP contribution in [-0.4, -0.2) is 31.7 Å². The third-order valence-corrected chi connectivity index (χ3v) is 3.16. The van der Waals surface area contributed by atoms with Crippen LogP contribution in [0.25, 0.3) is 0 Å². The van der Waals surface area contributed by atoms with Crippen molar-refractivity contribution in [2.75, 3.05) is 13.7 Å². The summed E-state index contributed by atoms with van der Waals surface area (Å²) in [5, 5.41) is 3.84. The van der Waals surface area contributed by atoms with Crippen molar-refractivity contribution in [1.29, 1.82) is 0 Å². The Labute approximate surface area is 145 Å². The molecule has 24 heavy (non-hydrogen) atoms. The lowest BCUT2D eigenvalue weighted by atomic mass is 10.2. The summed E-state index contributed by atoms with van der Waals surface area (Å²) in [6.07, 6.45) is 1.43. The third kappa shape index (κ3) is 4.85. The molecule has 0 fully saturated rings. The second kappa shape index (κ2) is 8.16. The SMILES string of the molecule is COc1cc(/C=N/NC(=O)c2ccc(Br)o2)ccc1OCC(N)=O. The first kappa shape index (κ1) is 17.5. The van der Waals surface area contributed by atoms with Crippen molar-refractivity contribution in [1.82, 2.24) is 5.43 Å². The molecule has 9 heteroatoms. The van der Waals surface area contributed by atoms with E-state index in [0.717, 1.165) is 0 Å². The Morgan fingerprint density at radius 2 is 2.12 bits per heavy atom. The molecule has 0 saturated carbocycles. The average Bonchev–Trinajstić information content (AvgIpc) is 2.99. The maximum absolute atomic E-state index is 11.7. The van der Waals surface area contributed by atoms with Crippen LogP contribution in [-0.2, 0) is 4.79 Å². The number of nitrogens with one attached hydrogen (secondary N) is 1. The molecule has 8 nitrogen and oxygen atoms in total. The van der Waals surface area contributed by atoms with E-state index >= 15 is 0 Å². The number of methoxy groups -OCH3 is 1. The molecule has 0 aliphatic heterocycles. The quantitative estimate of drug-likeness (QED) is 0.546. The summed E-state index contributed by atoms with van der Waals surface area (Å²) in [4.78, 5) is 22.5. The van der Waals surface area contributed by atoms with Crippen LogP contribution >= 0.6 is 15.9 Å². The van der Waals surface area contributed by atoms with Gasteiger partial charge >= 0.3 is 5.91 Å². The van der Waals surface area contributed by atoms with Crippen LogP contribution in [0.15, 0.2) is 44.5 Å². The van der Waals surface area contributed by atoms with Gasteiger partial charge in [0.25, 0.3) is 5.91 Å². The van der Waals surface area contributed by atoms with Crippen molar-refractivity contribution in [2.24, 2.45) is 10.8 Å². The zero-order chi connectivity index (χ0) is 17.5. The minimum atomic E-state index is -0.588. The predicted octanol–water partition coefficient (Wildman–Crippen LogP) is 1.68. The Balaban J connectivity index is 2.01. The first-order valence-electron chi connectivity index (χ1n) is 6.67. The minimum Gasteiger partial charge on any atom is -0.493 e. The maximum atomic E-state index is 11.7. The summed E-state index contributed by atoms with van der Waals surface area (Å²) in [6, 6.07) is 8.04. The summed E-state index contributed by atoms with van der Waals surface area (Å²) in [5.74, 6) is -0.161. The van der Waals surface area contributed by atoms with Gasteiger partial charge in [0.2, 0.25) is 0 Å². The average molecular weight is 396 g/mol.